The van der Waals surface area contributed by atoms with Gasteiger partial charge in [-0.05, 0) is 60.4 Å². The van der Waals surface area contributed by atoms with Crippen molar-refractivity contribution in [1.29, 1.82) is 0 Å². The van der Waals surface area contributed by atoms with Crippen LogP contribution in [0.2, 0.25) is 0 Å². The summed E-state index contributed by atoms with van der Waals surface area (Å²) in [5.41, 5.74) is 4.93. The Morgan fingerprint density at radius 2 is 1.42 bits per heavy atom. The number of fused-ring (bicyclic) bond motifs is 1. The van der Waals surface area contributed by atoms with E-state index in [0.717, 1.165) is 22.3 Å². The molecule has 1 aliphatic heterocycles. The number of aryl methyl sites for hydroxylation is 2. The van der Waals surface area contributed by atoms with Crippen LogP contribution in [0.5, 0.6) is 46.1 Å². The molecule has 4 aromatic carbocycles. The normalized spacial score (nSPS) is 11.5. The van der Waals surface area contributed by atoms with Crippen LogP contribution in [-0.4, -0.2) is 51.1 Å². The summed E-state index contributed by atoms with van der Waals surface area (Å²) in [4.78, 5) is 22.8. The van der Waals surface area contributed by atoms with Crippen LogP contribution in [-0.2, 0) is 0 Å². The zero-order valence-electron chi connectivity index (χ0n) is 27.3. The van der Waals surface area contributed by atoms with Gasteiger partial charge in [0.2, 0.25) is 24.4 Å². The average Bonchev–Trinajstić information content (AvgIpc) is 3.58. The topological polar surface area (TPSA) is 132 Å². The van der Waals surface area contributed by atoms with Crippen molar-refractivity contribution >= 4 is 23.2 Å². The number of aromatic nitrogens is 2. The number of methoxy groups -OCH3 is 4. The zero-order valence-corrected chi connectivity index (χ0v) is 27.3. The fraction of sp³-hybridized carbons (Fsp3) is 0.194. The van der Waals surface area contributed by atoms with Gasteiger partial charge in [-0.25, -0.2) is 4.98 Å². The Labute approximate surface area is 277 Å². The molecule has 0 aliphatic carbocycles. The first-order valence-electron chi connectivity index (χ1n) is 14.9. The molecular formula is C36H34N4O8. The fourth-order valence-corrected chi connectivity index (χ4v) is 5.25. The van der Waals surface area contributed by atoms with E-state index in [1.165, 1.54) is 34.6 Å². The second kappa shape index (κ2) is 13.7. The van der Waals surface area contributed by atoms with E-state index in [1.807, 2.05) is 62.4 Å². The quantitative estimate of drug-likeness (QED) is 0.149. The highest BCUT2D eigenvalue weighted by molar-refractivity contribution is 6.06. The lowest BCUT2D eigenvalue weighted by Crippen LogP contribution is -2.16. The lowest BCUT2D eigenvalue weighted by Gasteiger charge is -2.17. The highest BCUT2D eigenvalue weighted by Gasteiger charge is 2.22. The van der Waals surface area contributed by atoms with E-state index < -0.39 is 5.91 Å². The number of rotatable bonds is 11. The molecule has 246 valence electrons. The van der Waals surface area contributed by atoms with E-state index in [0.29, 0.717) is 51.6 Å². The number of nitrogens with one attached hydrogen (secondary N) is 2. The minimum absolute atomic E-state index is 0.00203. The van der Waals surface area contributed by atoms with Crippen LogP contribution in [0.1, 0.15) is 21.5 Å². The molecule has 2 N–H and O–H groups in total. The minimum Gasteiger partial charge on any atom is -0.493 e. The maximum Gasteiger partial charge on any atom is 0.262 e. The van der Waals surface area contributed by atoms with E-state index in [1.54, 1.807) is 18.2 Å². The van der Waals surface area contributed by atoms with Crippen molar-refractivity contribution in [2.24, 2.45) is 0 Å². The van der Waals surface area contributed by atoms with Crippen molar-refractivity contribution in [1.82, 2.24) is 9.97 Å². The van der Waals surface area contributed by atoms with Gasteiger partial charge in [0.05, 0.1) is 28.4 Å². The second-order valence-electron chi connectivity index (χ2n) is 10.7. The van der Waals surface area contributed by atoms with Crippen molar-refractivity contribution in [3.05, 3.63) is 89.6 Å². The molecule has 0 atom stereocenters. The number of hydrogen-bond acceptors (Lipinski definition) is 11. The van der Waals surface area contributed by atoms with E-state index >= 15 is 0 Å². The standard InChI is InChI=1S/C36H34N4O8/c1-20-8-7-9-21(2)32(20)39-34(41)25-18-37-36(38-24-16-30(43-4)33(45-6)31(17-24)44-5)40-35(25)48-27-13-11-22(14-28(27)42-3)23-10-12-26-29(15-23)47-19-46-26/h7-18H,19H2,1-6H3,(H,39,41)(H,37,38,40). The number of para-hydroxylation sites is 1. The SMILES string of the molecule is COc1cc(-c2ccc3c(c2)OCO3)ccc1Oc1nc(Nc2cc(OC)c(OC)c(OC)c2)ncc1C(=O)Nc1c(C)cccc1C. The molecule has 12 nitrogen and oxygen atoms in total. The van der Waals surface area contributed by atoms with Crippen LogP contribution in [0.15, 0.2) is 72.9 Å². The molecular weight excluding hydrogens is 616 g/mol. The Balaban J connectivity index is 1.37. The molecule has 1 aliphatic rings. The molecule has 5 aromatic rings. The summed E-state index contributed by atoms with van der Waals surface area (Å²) in [6, 6.07) is 20.4. The molecule has 0 radical (unpaired) electrons. The highest BCUT2D eigenvalue weighted by Crippen LogP contribution is 2.42. The first kappa shape index (κ1) is 31.8. The van der Waals surface area contributed by atoms with E-state index in [2.05, 4.69) is 20.6 Å². The van der Waals surface area contributed by atoms with Crippen LogP contribution >= 0.6 is 0 Å². The van der Waals surface area contributed by atoms with Crippen molar-refractivity contribution in [3.63, 3.8) is 0 Å². The molecule has 0 saturated carbocycles. The third kappa shape index (κ3) is 6.41. The predicted octanol–water partition coefficient (Wildman–Crippen LogP) is 7.31. The van der Waals surface area contributed by atoms with Gasteiger partial charge < -0.3 is 43.8 Å². The average molecular weight is 651 g/mol. The van der Waals surface area contributed by atoms with Gasteiger partial charge in [-0.3, -0.25) is 4.79 Å². The zero-order chi connectivity index (χ0) is 33.8. The van der Waals surface area contributed by atoms with E-state index in [-0.39, 0.29) is 24.2 Å². The maximum atomic E-state index is 13.7. The van der Waals surface area contributed by atoms with Crippen molar-refractivity contribution in [2.75, 3.05) is 45.9 Å². The summed E-state index contributed by atoms with van der Waals surface area (Å²) in [5, 5.41) is 6.13. The molecule has 0 spiro atoms. The van der Waals surface area contributed by atoms with Gasteiger partial charge in [-0.15, -0.1) is 0 Å². The lowest BCUT2D eigenvalue weighted by molar-refractivity contribution is 0.102. The number of benzene rings is 4. The fourth-order valence-electron chi connectivity index (χ4n) is 5.25. The number of carbonyl (C=O) groups excluding carboxylic acids is 1. The van der Waals surface area contributed by atoms with Crippen LogP contribution in [0, 0.1) is 13.8 Å². The first-order valence-corrected chi connectivity index (χ1v) is 14.9. The van der Waals surface area contributed by atoms with E-state index in [4.69, 9.17) is 33.2 Å². The number of anilines is 3. The van der Waals surface area contributed by atoms with Crippen LogP contribution < -0.4 is 43.8 Å². The molecule has 1 aromatic heterocycles. The molecule has 1 amide bonds. The van der Waals surface area contributed by atoms with Gasteiger partial charge in [0, 0.05) is 29.7 Å². The van der Waals surface area contributed by atoms with Crippen molar-refractivity contribution in [2.45, 2.75) is 13.8 Å². The molecule has 12 heteroatoms. The summed E-state index contributed by atoms with van der Waals surface area (Å²) in [7, 11) is 6.12. The van der Waals surface area contributed by atoms with Gasteiger partial charge in [-0.2, -0.15) is 4.98 Å². The Morgan fingerprint density at radius 3 is 2.10 bits per heavy atom. The number of amides is 1. The Hall–Kier alpha value is -6.17. The lowest BCUT2D eigenvalue weighted by atomic mass is 10.0. The van der Waals surface area contributed by atoms with Gasteiger partial charge in [0.15, 0.2) is 34.5 Å². The monoisotopic (exact) mass is 650 g/mol. The Morgan fingerprint density at radius 1 is 0.750 bits per heavy atom. The molecule has 0 bridgehead atoms. The number of ether oxygens (including phenoxy) is 7. The third-order valence-corrected chi connectivity index (χ3v) is 7.72. The molecule has 2 heterocycles. The summed E-state index contributed by atoms with van der Waals surface area (Å²) >= 11 is 0. The third-order valence-electron chi connectivity index (χ3n) is 7.72. The molecule has 48 heavy (non-hydrogen) atoms. The number of hydrogen-bond donors (Lipinski definition) is 2. The minimum atomic E-state index is -0.447. The van der Waals surface area contributed by atoms with Gasteiger partial charge in [0.25, 0.3) is 5.91 Å². The second-order valence-corrected chi connectivity index (χ2v) is 10.7. The molecule has 6 rings (SSSR count). The molecule has 0 fully saturated rings. The van der Waals surface area contributed by atoms with Crippen LogP contribution in [0.3, 0.4) is 0 Å². The summed E-state index contributed by atoms with van der Waals surface area (Å²) in [6.07, 6.45) is 1.40. The van der Waals surface area contributed by atoms with Gasteiger partial charge in [0.1, 0.15) is 5.56 Å². The van der Waals surface area contributed by atoms with Crippen molar-refractivity contribution < 1.29 is 38.0 Å². The predicted molar refractivity (Wildman–Crippen MR) is 180 cm³/mol. The van der Waals surface area contributed by atoms with Gasteiger partial charge >= 0.3 is 0 Å². The summed E-state index contributed by atoms with van der Waals surface area (Å²) < 4.78 is 39.4. The Bertz CT molecular complexity index is 1950. The Kier molecular flexibility index (Phi) is 9.06. The maximum absolute atomic E-state index is 13.7. The summed E-state index contributed by atoms with van der Waals surface area (Å²) in [5.74, 6) is 3.13. The van der Waals surface area contributed by atoms with Crippen molar-refractivity contribution in [3.8, 4) is 57.3 Å². The smallest absolute Gasteiger partial charge is 0.262 e. The number of carbonyl (C=O) groups is 1. The number of nitrogens with zero attached hydrogens (tertiary/aromatic N) is 2. The molecule has 0 unspecified atom stereocenters. The van der Waals surface area contributed by atoms with Gasteiger partial charge in [-0.1, -0.05) is 30.3 Å². The largest absolute Gasteiger partial charge is 0.493 e. The first-order chi connectivity index (χ1) is 23.3. The van der Waals surface area contributed by atoms with Crippen LogP contribution in [0.4, 0.5) is 17.3 Å². The van der Waals surface area contributed by atoms with Crippen LogP contribution in [0.25, 0.3) is 11.1 Å². The summed E-state index contributed by atoms with van der Waals surface area (Å²) in [6.45, 7) is 4.03. The highest BCUT2D eigenvalue weighted by atomic mass is 16.7. The van der Waals surface area contributed by atoms with E-state index in [9.17, 15) is 4.79 Å². The molecule has 0 saturated heterocycles.